The molecule has 8 heteroatoms. The number of hydrogen-bond acceptors (Lipinski definition) is 3. The topological polar surface area (TPSA) is 38.0 Å². The number of nitrogens with zero attached hydrogens (tertiary/aromatic N) is 2. The largest absolute Gasteiger partial charge is 0.416 e. The molecule has 0 aliphatic heterocycles. The van der Waals surface area contributed by atoms with Crippen molar-refractivity contribution in [1.29, 1.82) is 0 Å². The first kappa shape index (κ1) is 19.1. The molecule has 1 aromatic heterocycles. The number of thioether (sulfide) groups is 1. The Kier molecular flexibility index (Phi) is 5.79. The second-order valence-corrected chi connectivity index (χ2v) is 7.11. The van der Waals surface area contributed by atoms with Crippen molar-refractivity contribution in [2.75, 3.05) is 6.61 Å². The van der Waals surface area contributed by atoms with Crippen LogP contribution >= 0.6 is 23.4 Å². The van der Waals surface area contributed by atoms with Gasteiger partial charge in [0.15, 0.2) is 0 Å². The summed E-state index contributed by atoms with van der Waals surface area (Å²) in [6, 6.07) is 10.9. The summed E-state index contributed by atoms with van der Waals surface area (Å²) in [4.78, 5) is 4.52. The predicted molar refractivity (Wildman–Crippen MR) is 98.3 cm³/mol. The Balaban J connectivity index is 1.80. The highest BCUT2D eigenvalue weighted by atomic mass is 35.5. The Morgan fingerprint density at radius 2 is 1.88 bits per heavy atom. The standard InChI is InChI=1S/C18H16ClF3N2OS/c19-13-5-6-15-16(9-13)24(7-8-25)17(23-15)11-26-10-12-3-1-2-4-14(12)18(20,21)22/h1-6,9,25H,7-8,10-11H2. The molecule has 0 aliphatic rings. The number of aromatic nitrogens is 2. The van der Waals surface area contributed by atoms with E-state index in [0.717, 1.165) is 17.1 Å². The molecule has 0 aliphatic carbocycles. The van der Waals surface area contributed by atoms with Crippen molar-refractivity contribution in [2.24, 2.45) is 0 Å². The molecule has 2 aromatic carbocycles. The smallest absolute Gasteiger partial charge is 0.395 e. The van der Waals surface area contributed by atoms with E-state index in [-0.39, 0.29) is 17.9 Å². The van der Waals surface area contributed by atoms with Crippen LogP contribution in [-0.2, 0) is 24.2 Å². The number of halogens is 4. The monoisotopic (exact) mass is 400 g/mol. The summed E-state index contributed by atoms with van der Waals surface area (Å²) in [6.45, 7) is 0.290. The minimum atomic E-state index is -4.36. The molecule has 3 nitrogen and oxygen atoms in total. The highest BCUT2D eigenvalue weighted by Gasteiger charge is 2.32. The van der Waals surface area contributed by atoms with Crippen LogP contribution in [0.5, 0.6) is 0 Å². The van der Waals surface area contributed by atoms with Gasteiger partial charge in [0, 0.05) is 17.3 Å². The van der Waals surface area contributed by atoms with Gasteiger partial charge in [-0.15, -0.1) is 11.8 Å². The first-order valence-electron chi connectivity index (χ1n) is 7.88. The van der Waals surface area contributed by atoms with Gasteiger partial charge in [0.2, 0.25) is 0 Å². The van der Waals surface area contributed by atoms with Crippen LogP contribution in [0.1, 0.15) is 17.0 Å². The van der Waals surface area contributed by atoms with E-state index in [4.69, 9.17) is 11.6 Å². The van der Waals surface area contributed by atoms with Gasteiger partial charge in [-0.1, -0.05) is 29.8 Å². The van der Waals surface area contributed by atoms with Crippen LogP contribution in [0.4, 0.5) is 13.2 Å². The Labute approximate surface area is 157 Å². The molecular formula is C18H16ClF3N2OS. The maximum absolute atomic E-state index is 13.1. The van der Waals surface area contributed by atoms with Gasteiger partial charge >= 0.3 is 6.18 Å². The summed E-state index contributed by atoms with van der Waals surface area (Å²) in [6.07, 6.45) is -4.36. The molecule has 138 valence electrons. The van der Waals surface area contributed by atoms with Crippen molar-refractivity contribution in [3.05, 3.63) is 64.4 Å². The first-order valence-corrected chi connectivity index (χ1v) is 9.42. The Bertz CT molecular complexity index is 911. The average Bonchev–Trinajstić information content (AvgIpc) is 2.92. The summed E-state index contributed by atoms with van der Waals surface area (Å²) in [7, 11) is 0. The van der Waals surface area contributed by atoms with E-state index >= 15 is 0 Å². The van der Waals surface area contributed by atoms with Gasteiger partial charge in [-0.3, -0.25) is 0 Å². The number of rotatable bonds is 6. The van der Waals surface area contributed by atoms with Crippen LogP contribution in [0, 0.1) is 0 Å². The van der Waals surface area contributed by atoms with Gasteiger partial charge in [0.25, 0.3) is 0 Å². The third-order valence-corrected chi connectivity index (χ3v) is 5.14. The van der Waals surface area contributed by atoms with Gasteiger partial charge in [0.05, 0.1) is 29.0 Å². The van der Waals surface area contributed by atoms with Crippen molar-refractivity contribution >= 4 is 34.4 Å². The fourth-order valence-corrected chi connectivity index (χ4v) is 3.92. The Hall–Kier alpha value is -1.70. The summed E-state index contributed by atoms with van der Waals surface area (Å²) < 4.78 is 41.1. The van der Waals surface area contributed by atoms with Crippen molar-refractivity contribution < 1.29 is 18.3 Å². The number of fused-ring (bicyclic) bond motifs is 1. The van der Waals surface area contributed by atoms with Crippen LogP contribution in [0.3, 0.4) is 0 Å². The van der Waals surface area contributed by atoms with E-state index in [9.17, 15) is 18.3 Å². The Morgan fingerprint density at radius 3 is 2.62 bits per heavy atom. The van der Waals surface area contributed by atoms with Gasteiger partial charge in [-0.05, 0) is 29.8 Å². The van der Waals surface area contributed by atoms with E-state index in [1.165, 1.54) is 23.9 Å². The molecule has 26 heavy (non-hydrogen) atoms. The lowest BCUT2D eigenvalue weighted by Gasteiger charge is -2.12. The SMILES string of the molecule is OCCn1c(CSCc2ccccc2C(F)(F)F)nc2ccc(Cl)cc21. The molecule has 0 saturated heterocycles. The van der Waals surface area contributed by atoms with E-state index in [2.05, 4.69) is 4.98 Å². The first-order chi connectivity index (χ1) is 12.4. The number of aliphatic hydroxyl groups excluding tert-OH is 1. The second-order valence-electron chi connectivity index (χ2n) is 5.68. The molecular weight excluding hydrogens is 385 g/mol. The zero-order valence-corrected chi connectivity index (χ0v) is 15.2. The number of aliphatic hydroxyl groups is 1. The molecule has 0 amide bonds. The lowest BCUT2D eigenvalue weighted by atomic mass is 10.1. The summed E-state index contributed by atoms with van der Waals surface area (Å²) >= 11 is 7.38. The summed E-state index contributed by atoms with van der Waals surface area (Å²) in [5, 5.41) is 9.87. The fraction of sp³-hybridized carbons (Fsp3) is 0.278. The highest BCUT2D eigenvalue weighted by molar-refractivity contribution is 7.97. The molecule has 0 unspecified atom stereocenters. The molecule has 0 saturated carbocycles. The Morgan fingerprint density at radius 1 is 1.12 bits per heavy atom. The van der Waals surface area contributed by atoms with Crippen molar-refractivity contribution in [1.82, 2.24) is 9.55 Å². The molecule has 0 atom stereocenters. The van der Waals surface area contributed by atoms with Crippen molar-refractivity contribution in [3.63, 3.8) is 0 Å². The summed E-state index contributed by atoms with van der Waals surface area (Å²) in [5.74, 6) is 1.35. The molecule has 1 N–H and O–H groups in total. The molecule has 3 aromatic rings. The molecule has 1 heterocycles. The predicted octanol–water partition coefficient (Wildman–Crippen LogP) is 5.13. The molecule has 0 bridgehead atoms. The average molecular weight is 401 g/mol. The summed E-state index contributed by atoms with van der Waals surface area (Å²) in [5.41, 5.74) is 1.19. The number of hydrogen-bond donors (Lipinski definition) is 1. The van der Waals surface area contributed by atoms with Gasteiger partial charge in [0.1, 0.15) is 5.82 Å². The van der Waals surface area contributed by atoms with Crippen molar-refractivity contribution in [2.45, 2.75) is 24.2 Å². The molecule has 3 rings (SSSR count). The van der Waals surface area contributed by atoms with E-state index in [0.29, 0.717) is 23.1 Å². The molecule has 0 spiro atoms. The number of benzene rings is 2. The fourth-order valence-electron chi connectivity index (χ4n) is 2.78. The third kappa shape index (κ3) is 4.16. The second kappa shape index (κ2) is 7.90. The third-order valence-electron chi connectivity index (χ3n) is 3.92. The quantitative estimate of drug-likeness (QED) is 0.623. The highest BCUT2D eigenvalue weighted by Crippen LogP contribution is 2.34. The van der Waals surface area contributed by atoms with Crippen LogP contribution in [0.25, 0.3) is 11.0 Å². The minimum Gasteiger partial charge on any atom is -0.395 e. The van der Waals surface area contributed by atoms with E-state index in [1.807, 2.05) is 4.57 Å². The van der Waals surface area contributed by atoms with Crippen LogP contribution < -0.4 is 0 Å². The van der Waals surface area contributed by atoms with Crippen LogP contribution in [0.15, 0.2) is 42.5 Å². The minimum absolute atomic E-state index is 0.0629. The zero-order chi connectivity index (χ0) is 18.7. The zero-order valence-electron chi connectivity index (χ0n) is 13.6. The number of alkyl halides is 3. The number of imidazole rings is 1. The van der Waals surface area contributed by atoms with Crippen LogP contribution in [0.2, 0.25) is 5.02 Å². The van der Waals surface area contributed by atoms with E-state index in [1.54, 1.807) is 24.3 Å². The lowest BCUT2D eigenvalue weighted by Crippen LogP contribution is -2.09. The van der Waals surface area contributed by atoms with Gasteiger partial charge in [-0.25, -0.2) is 4.98 Å². The normalized spacial score (nSPS) is 12.0. The molecule has 0 radical (unpaired) electrons. The molecule has 0 fully saturated rings. The van der Waals surface area contributed by atoms with Crippen molar-refractivity contribution in [3.8, 4) is 0 Å². The van der Waals surface area contributed by atoms with Gasteiger partial charge < -0.3 is 9.67 Å². The van der Waals surface area contributed by atoms with Gasteiger partial charge in [-0.2, -0.15) is 13.2 Å². The maximum atomic E-state index is 13.1. The lowest BCUT2D eigenvalue weighted by molar-refractivity contribution is -0.138. The maximum Gasteiger partial charge on any atom is 0.416 e. The van der Waals surface area contributed by atoms with Crippen LogP contribution in [-0.4, -0.2) is 21.3 Å². The van der Waals surface area contributed by atoms with E-state index < -0.39 is 11.7 Å².